The molecule has 0 aromatic carbocycles. The molecule has 0 aliphatic carbocycles. The Morgan fingerprint density at radius 2 is 1.79 bits per heavy atom. The van der Waals surface area contributed by atoms with Gasteiger partial charge in [0.25, 0.3) is 0 Å². The summed E-state index contributed by atoms with van der Waals surface area (Å²) in [6, 6.07) is -0.805. The molecule has 0 aliphatic heterocycles. The number of carbonyl (C=O) groups is 3. The van der Waals surface area contributed by atoms with Crippen molar-refractivity contribution in [2.45, 2.75) is 38.1 Å². The number of methoxy groups -OCH3 is 2. The van der Waals surface area contributed by atoms with Gasteiger partial charge in [0.05, 0.1) is 14.2 Å². The van der Waals surface area contributed by atoms with Crippen molar-refractivity contribution >= 4 is 33.8 Å². The number of ether oxygens (including phenoxy) is 2. The van der Waals surface area contributed by atoms with E-state index in [1.54, 1.807) is 0 Å². The lowest BCUT2D eigenvalue weighted by atomic mass is 10.1. The molecule has 0 radical (unpaired) electrons. The van der Waals surface area contributed by atoms with E-state index in [-0.39, 0.29) is 18.7 Å². The molecule has 19 heavy (non-hydrogen) atoms. The molecule has 0 rings (SSSR count). The maximum atomic E-state index is 11.6. The number of carbonyl (C=O) groups excluding carboxylic acids is 3. The van der Waals surface area contributed by atoms with Crippen LogP contribution in [-0.4, -0.2) is 43.4 Å². The second-order valence-corrected chi connectivity index (χ2v) is 4.70. The number of esters is 2. The number of rotatable bonds is 9. The Hall–Kier alpha value is -1.11. The molecule has 0 bridgehead atoms. The quantitative estimate of drug-likeness (QED) is 0.388. The Kier molecular flexibility index (Phi) is 10.1. The summed E-state index contributed by atoms with van der Waals surface area (Å²) >= 11 is 3.28. The van der Waals surface area contributed by atoms with Crippen LogP contribution in [-0.2, 0) is 23.9 Å². The van der Waals surface area contributed by atoms with Crippen LogP contribution in [0.1, 0.15) is 32.1 Å². The molecule has 0 fully saturated rings. The minimum Gasteiger partial charge on any atom is -0.469 e. The van der Waals surface area contributed by atoms with Gasteiger partial charge in [0.2, 0.25) is 5.91 Å². The SMILES string of the molecule is COC(=O)CC[C@@H](NC(=O)CCCCBr)C(=O)OC. The second-order valence-electron chi connectivity index (χ2n) is 3.90. The topological polar surface area (TPSA) is 81.7 Å². The minimum atomic E-state index is -0.805. The van der Waals surface area contributed by atoms with Crippen molar-refractivity contribution in [3.05, 3.63) is 0 Å². The molecule has 1 N–H and O–H groups in total. The first kappa shape index (κ1) is 17.9. The Morgan fingerprint density at radius 3 is 2.32 bits per heavy atom. The molecular formula is C12H20BrNO5. The molecule has 6 nitrogen and oxygen atoms in total. The molecule has 1 amide bonds. The van der Waals surface area contributed by atoms with Gasteiger partial charge in [0, 0.05) is 18.2 Å². The predicted octanol–water partition coefficient (Wildman–Crippen LogP) is 1.16. The minimum absolute atomic E-state index is 0.0535. The van der Waals surface area contributed by atoms with E-state index in [1.165, 1.54) is 14.2 Å². The molecular weight excluding hydrogens is 318 g/mol. The summed E-state index contributed by atoms with van der Waals surface area (Å²) < 4.78 is 9.08. The molecule has 0 saturated heterocycles. The first-order valence-electron chi connectivity index (χ1n) is 6.05. The van der Waals surface area contributed by atoms with Crippen molar-refractivity contribution in [3.63, 3.8) is 0 Å². The maximum absolute atomic E-state index is 11.6. The third-order valence-electron chi connectivity index (χ3n) is 2.47. The number of hydrogen-bond acceptors (Lipinski definition) is 5. The highest BCUT2D eigenvalue weighted by Gasteiger charge is 2.22. The average molecular weight is 338 g/mol. The Labute approximate surface area is 121 Å². The fourth-order valence-corrected chi connectivity index (χ4v) is 1.80. The highest BCUT2D eigenvalue weighted by molar-refractivity contribution is 9.09. The number of halogens is 1. The monoisotopic (exact) mass is 337 g/mol. The van der Waals surface area contributed by atoms with Gasteiger partial charge in [-0.2, -0.15) is 0 Å². The van der Waals surface area contributed by atoms with Crippen LogP contribution in [0.3, 0.4) is 0 Å². The highest BCUT2D eigenvalue weighted by Crippen LogP contribution is 2.04. The van der Waals surface area contributed by atoms with Crippen LogP contribution < -0.4 is 5.32 Å². The van der Waals surface area contributed by atoms with E-state index in [2.05, 4.69) is 30.7 Å². The van der Waals surface area contributed by atoms with Crippen LogP contribution in [0, 0.1) is 0 Å². The Bertz CT molecular complexity index is 308. The number of nitrogens with one attached hydrogen (secondary N) is 1. The van der Waals surface area contributed by atoms with Gasteiger partial charge < -0.3 is 14.8 Å². The lowest BCUT2D eigenvalue weighted by Crippen LogP contribution is -2.41. The number of amides is 1. The molecule has 0 saturated carbocycles. The summed E-state index contributed by atoms with van der Waals surface area (Å²) in [7, 11) is 2.51. The molecule has 0 unspecified atom stereocenters. The smallest absolute Gasteiger partial charge is 0.328 e. The molecule has 0 aromatic heterocycles. The summed E-state index contributed by atoms with van der Waals surface area (Å²) in [5.74, 6) is -1.21. The summed E-state index contributed by atoms with van der Waals surface area (Å²) in [6.07, 6.45) is 2.19. The summed E-state index contributed by atoms with van der Waals surface area (Å²) in [5, 5.41) is 3.41. The molecule has 0 spiro atoms. The zero-order valence-corrected chi connectivity index (χ0v) is 12.8. The van der Waals surface area contributed by atoms with Crippen molar-refractivity contribution in [1.82, 2.24) is 5.32 Å². The first-order chi connectivity index (χ1) is 9.04. The van der Waals surface area contributed by atoms with E-state index in [0.717, 1.165) is 18.2 Å². The maximum Gasteiger partial charge on any atom is 0.328 e. The predicted molar refractivity (Wildman–Crippen MR) is 72.8 cm³/mol. The molecule has 1 atom stereocenters. The lowest BCUT2D eigenvalue weighted by Gasteiger charge is -2.15. The van der Waals surface area contributed by atoms with Gasteiger partial charge in [-0.15, -0.1) is 0 Å². The van der Waals surface area contributed by atoms with Gasteiger partial charge in [-0.3, -0.25) is 9.59 Å². The van der Waals surface area contributed by atoms with Crippen LogP contribution in [0.5, 0.6) is 0 Å². The third-order valence-corrected chi connectivity index (χ3v) is 3.03. The zero-order chi connectivity index (χ0) is 14.7. The fourth-order valence-electron chi connectivity index (χ4n) is 1.40. The summed E-state index contributed by atoms with van der Waals surface area (Å²) in [4.78, 5) is 34.1. The average Bonchev–Trinajstić information content (AvgIpc) is 2.42. The zero-order valence-electron chi connectivity index (χ0n) is 11.2. The first-order valence-corrected chi connectivity index (χ1v) is 7.17. The number of hydrogen-bond donors (Lipinski definition) is 1. The molecule has 0 aliphatic rings. The highest BCUT2D eigenvalue weighted by atomic mass is 79.9. The van der Waals surface area contributed by atoms with Crippen LogP contribution in [0.25, 0.3) is 0 Å². The molecule has 7 heteroatoms. The van der Waals surface area contributed by atoms with E-state index < -0.39 is 18.0 Å². The second kappa shape index (κ2) is 10.8. The molecule has 0 heterocycles. The van der Waals surface area contributed by atoms with E-state index in [1.807, 2.05) is 0 Å². The van der Waals surface area contributed by atoms with Crippen molar-refractivity contribution in [2.75, 3.05) is 19.5 Å². The normalized spacial score (nSPS) is 11.5. The van der Waals surface area contributed by atoms with Gasteiger partial charge in [-0.25, -0.2) is 4.79 Å². The van der Waals surface area contributed by atoms with E-state index in [9.17, 15) is 14.4 Å². The lowest BCUT2D eigenvalue weighted by molar-refractivity contribution is -0.146. The van der Waals surface area contributed by atoms with Crippen LogP contribution in [0.4, 0.5) is 0 Å². The van der Waals surface area contributed by atoms with Gasteiger partial charge in [0.1, 0.15) is 6.04 Å². The van der Waals surface area contributed by atoms with Gasteiger partial charge >= 0.3 is 11.9 Å². The molecule has 110 valence electrons. The van der Waals surface area contributed by atoms with E-state index in [4.69, 9.17) is 0 Å². The van der Waals surface area contributed by atoms with Crippen LogP contribution in [0.2, 0.25) is 0 Å². The Morgan fingerprint density at radius 1 is 1.11 bits per heavy atom. The number of alkyl halides is 1. The third kappa shape index (κ3) is 8.58. The van der Waals surface area contributed by atoms with Crippen molar-refractivity contribution in [1.29, 1.82) is 0 Å². The fraction of sp³-hybridized carbons (Fsp3) is 0.750. The number of unbranched alkanes of at least 4 members (excludes halogenated alkanes) is 1. The van der Waals surface area contributed by atoms with Crippen molar-refractivity contribution in [2.24, 2.45) is 0 Å². The van der Waals surface area contributed by atoms with Crippen LogP contribution >= 0.6 is 15.9 Å². The molecule has 0 aromatic rings. The largest absolute Gasteiger partial charge is 0.469 e. The van der Waals surface area contributed by atoms with Crippen LogP contribution in [0.15, 0.2) is 0 Å². The standard InChI is InChI=1S/C12H20BrNO5/c1-18-11(16)7-6-9(12(17)19-2)14-10(15)5-3-4-8-13/h9H,3-8H2,1-2H3,(H,14,15)/t9-/m1/s1. The summed E-state index contributed by atoms with van der Waals surface area (Å²) in [5.41, 5.74) is 0. The van der Waals surface area contributed by atoms with Gasteiger partial charge in [-0.1, -0.05) is 15.9 Å². The van der Waals surface area contributed by atoms with E-state index in [0.29, 0.717) is 6.42 Å². The van der Waals surface area contributed by atoms with Gasteiger partial charge in [0.15, 0.2) is 0 Å². The van der Waals surface area contributed by atoms with Gasteiger partial charge in [-0.05, 0) is 19.3 Å². The summed E-state index contributed by atoms with van der Waals surface area (Å²) in [6.45, 7) is 0. The van der Waals surface area contributed by atoms with Crippen molar-refractivity contribution in [3.8, 4) is 0 Å². The van der Waals surface area contributed by atoms with Crippen molar-refractivity contribution < 1.29 is 23.9 Å². The van der Waals surface area contributed by atoms with E-state index >= 15 is 0 Å². The Balaban J connectivity index is 4.22.